The van der Waals surface area contributed by atoms with Gasteiger partial charge in [-0.15, -0.1) is 11.3 Å². The van der Waals surface area contributed by atoms with Gasteiger partial charge in [-0.05, 0) is 37.3 Å². The highest BCUT2D eigenvalue weighted by Gasteiger charge is 2.32. The van der Waals surface area contributed by atoms with Gasteiger partial charge in [-0.3, -0.25) is 4.79 Å². The molecule has 0 saturated heterocycles. The van der Waals surface area contributed by atoms with Gasteiger partial charge < -0.3 is 15.3 Å². The largest absolute Gasteiger partial charge is 0.465 e. The number of amides is 2. The molecule has 1 aromatic heterocycles. The predicted octanol–water partition coefficient (Wildman–Crippen LogP) is 3.44. The minimum absolute atomic E-state index is 0.213. The number of carboxylic acid groups (broad SMARTS) is 1. The smallest absolute Gasteiger partial charge is 0.405 e. The number of aryl methyl sites for hydroxylation is 1. The van der Waals surface area contributed by atoms with Crippen molar-refractivity contribution in [1.29, 1.82) is 0 Å². The molecule has 2 aromatic rings. The molecule has 1 heterocycles. The highest BCUT2D eigenvalue weighted by atomic mass is 32.1. The molecule has 7 heteroatoms. The number of carbonyl (C=O) groups is 2. The van der Waals surface area contributed by atoms with Gasteiger partial charge in [0.05, 0.1) is 16.1 Å². The number of thiazole rings is 1. The van der Waals surface area contributed by atoms with Crippen molar-refractivity contribution >= 4 is 23.3 Å². The maximum atomic E-state index is 12.8. The number of aromatic nitrogens is 1. The number of rotatable bonds is 5. The third-order valence-electron chi connectivity index (χ3n) is 4.74. The van der Waals surface area contributed by atoms with Gasteiger partial charge in [0, 0.05) is 13.1 Å². The summed E-state index contributed by atoms with van der Waals surface area (Å²) in [4.78, 5) is 30.9. The topological polar surface area (TPSA) is 82.5 Å². The van der Waals surface area contributed by atoms with Crippen LogP contribution in [0.1, 0.15) is 36.6 Å². The molecule has 132 valence electrons. The van der Waals surface area contributed by atoms with Crippen LogP contribution >= 0.6 is 11.3 Å². The van der Waals surface area contributed by atoms with Crippen LogP contribution in [-0.2, 0) is 4.79 Å². The van der Waals surface area contributed by atoms with Crippen LogP contribution in [-0.4, -0.2) is 40.1 Å². The summed E-state index contributed by atoms with van der Waals surface area (Å²) in [7, 11) is 1.75. The second-order valence-corrected chi connectivity index (χ2v) is 7.16. The minimum Gasteiger partial charge on any atom is -0.465 e. The van der Waals surface area contributed by atoms with E-state index in [9.17, 15) is 9.59 Å². The van der Waals surface area contributed by atoms with Gasteiger partial charge in [0.2, 0.25) is 5.91 Å². The van der Waals surface area contributed by atoms with Crippen molar-refractivity contribution in [3.8, 4) is 10.4 Å². The molecule has 1 aromatic carbocycles. The second-order valence-electron chi connectivity index (χ2n) is 6.31. The van der Waals surface area contributed by atoms with E-state index < -0.39 is 12.1 Å². The van der Waals surface area contributed by atoms with Gasteiger partial charge in [-0.25, -0.2) is 9.78 Å². The van der Waals surface area contributed by atoms with Crippen molar-refractivity contribution in [2.75, 3.05) is 7.05 Å². The fourth-order valence-electron chi connectivity index (χ4n) is 2.97. The summed E-state index contributed by atoms with van der Waals surface area (Å²) in [5.41, 5.74) is 4.41. The molecule has 1 saturated carbocycles. The maximum Gasteiger partial charge on any atom is 0.405 e. The second kappa shape index (κ2) is 7.23. The number of nitrogens with one attached hydrogen (secondary N) is 1. The fraction of sp³-hybridized carbons (Fsp3) is 0.389. The molecule has 1 aliphatic rings. The Bertz CT molecular complexity index is 768. The maximum absolute atomic E-state index is 12.8. The molecule has 0 aliphatic heterocycles. The summed E-state index contributed by atoms with van der Waals surface area (Å²) in [5.74, 6) is -0.214. The van der Waals surface area contributed by atoms with E-state index in [0.29, 0.717) is 5.56 Å². The fourth-order valence-corrected chi connectivity index (χ4v) is 3.79. The molecule has 2 N–H and O–H groups in total. The molecule has 2 amide bonds. The third kappa shape index (κ3) is 3.66. The molecule has 0 radical (unpaired) electrons. The van der Waals surface area contributed by atoms with Crippen LogP contribution < -0.4 is 5.32 Å². The highest BCUT2D eigenvalue weighted by molar-refractivity contribution is 7.13. The number of hydrogen-bond acceptors (Lipinski definition) is 4. The first kappa shape index (κ1) is 17.4. The molecular weight excluding hydrogens is 338 g/mol. The molecule has 0 spiro atoms. The average Bonchev–Trinajstić information content (AvgIpc) is 2.96. The average molecular weight is 359 g/mol. The van der Waals surface area contributed by atoms with Crippen molar-refractivity contribution in [2.24, 2.45) is 0 Å². The number of benzene rings is 1. The number of likely N-dealkylation sites (N-methyl/N-ethyl adjacent to an activating group) is 1. The van der Waals surface area contributed by atoms with Crippen molar-refractivity contribution < 1.29 is 14.7 Å². The molecule has 1 fully saturated rings. The Hall–Kier alpha value is -2.41. The Kier molecular flexibility index (Phi) is 5.03. The van der Waals surface area contributed by atoms with E-state index >= 15 is 0 Å². The van der Waals surface area contributed by atoms with Gasteiger partial charge in [0.1, 0.15) is 6.04 Å². The zero-order valence-electron chi connectivity index (χ0n) is 14.2. The number of hydrogen-bond donors (Lipinski definition) is 2. The Labute approximate surface area is 150 Å². The first-order valence-electron chi connectivity index (χ1n) is 8.24. The Morgan fingerprint density at radius 2 is 2.00 bits per heavy atom. The minimum atomic E-state index is -1.21. The van der Waals surface area contributed by atoms with Crippen LogP contribution in [0.2, 0.25) is 0 Å². The summed E-state index contributed by atoms with van der Waals surface area (Å²) >= 11 is 1.56. The first-order chi connectivity index (χ1) is 12.0. The predicted molar refractivity (Wildman–Crippen MR) is 96.6 cm³/mol. The lowest BCUT2D eigenvalue weighted by molar-refractivity contribution is -0.135. The standard InChI is InChI=1S/C18H21N3O3S/c1-11-16(25-10-19-11)13-8-6-12(7-9-13)15(20-18(23)24)17(22)21(2)14-4-3-5-14/h6-10,14-15,20H,3-5H2,1-2H3,(H,23,24)/t15-/m1/s1. The third-order valence-corrected chi connectivity index (χ3v) is 5.71. The molecule has 3 rings (SSSR count). The van der Waals surface area contributed by atoms with Gasteiger partial charge in [0.25, 0.3) is 0 Å². The molecule has 25 heavy (non-hydrogen) atoms. The lowest BCUT2D eigenvalue weighted by Crippen LogP contribution is -2.47. The SMILES string of the molecule is Cc1ncsc1-c1ccc([C@@H](NC(=O)O)C(=O)N(C)C2CCC2)cc1. The summed E-state index contributed by atoms with van der Waals surface area (Å²) < 4.78 is 0. The summed E-state index contributed by atoms with van der Waals surface area (Å²) in [6, 6.07) is 6.75. The van der Waals surface area contributed by atoms with E-state index in [2.05, 4.69) is 10.3 Å². The molecular formula is C18H21N3O3S. The molecule has 1 atom stereocenters. The van der Waals surface area contributed by atoms with E-state index in [-0.39, 0.29) is 11.9 Å². The van der Waals surface area contributed by atoms with Crippen molar-refractivity contribution in [2.45, 2.75) is 38.3 Å². The summed E-state index contributed by atoms with van der Waals surface area (Å²) in [5, 5.41) is 11.5. The zero-order chi connectivity index (χ0) is 18.0. The quantitative estimate of drug-likeness (QED) is 0.857. The zero-order valence-corrected chi connectivity index (χ0v) is 15.0. The van der Waals surface area contributed by atoms with E-state index in [1.54, 1.807) is 28.8 Å². The Morgan fingerprint density at radius 1 is 1.32 bits per heavy atom. The monoisotopic (exact) mass is 359 g/mol. The van der Waals surface area contributed by atoms with Crippen molar-refractivity contribution in [3.63, 3.8) is 0 Å². The molecule has 1 aliphatic carbocycles. The van der Waals surface area contributed by atoms with Gasteiger partial charge in [0.15, 0.2) is 0 Å². The van der Waals surface area contributed by atoms with Crippen LogP contribution in [0.25, 0.3) is 10.4 Å². The van der Waals surface area contributed by atoms with Crippen LogP contribution in [0.5, 0.6) is 0 Å². The molecule has 0 unspecified atom stereocenters. The van der Waals surface area contributed by atoms with Gasteiger partial charge in [-0.2, -0.15) is 0 Å². The van der Waals surface area contributed by atoms with E-state index in [4.69, 9.17) is 5.11 Å². The van der Waals surface area contributed by atoms with Crippen molar-refractivity contribution in [1.82, 2.24) is 15.2 Å². The van der Waals surface area contributed by atoms with Crippen molar-refractivity contribution in [3.05, 3.63) is 41.0 Å². The lowest BCUT2D eigenvalue weighted by Gasteiger charge is -2.36. The van der Waals surface area contributed by atoms with Crippen LogP contribution in [0, 0.1) is 6.92 Å². The number of nitrogens with zero attached hydrogens (tertiary/aromatic N) is 2. The lowest BCUT2D eigenvalue weighted by atomic mass is 9.91. The Balaban J connectivity index is 1.84. The first-order valence-corrected chi connectivity index (χ1v) is 9.12. The normalized spacial score (nSPS) is 15.3. The van der Waals surface area contributed by atoms with E-state index in [1.807, 2.05) is 31.2 Å². The van der Waals surface area contributed by atoms with Crippen LogP contribution in [0.15, 0.2) is 29.8 Å². The van der Waals surface area contributed by atoms with Gasteiger partial charge in [-0.1, -0.05) is 24.3 Å². The van der Waals surface area contributed by atoms with E-state index in [1.165, 1.54) is 0 Å². The van der Waals surface area contributed by atoms with E-state index in [0.717, 1.165) is 35.4 Å². The van der Waals surface area contributed by atoms with Crippen LogP contribution in [0.4, 0.5) is 4.79 Å². The highest BCUT2D eigenvalue weighted by Crippen LogP contribution is 2.30. The molecule has 6 nitrogen and oxygen atoms in total. The van der Waals surface area contributed by atoms with Crippen LogP contribution in [0.3, 0.4) is 0 Å². The summed E-state index contributed by atoms with van der Waals surface area (Å²) in [6.07, 6.45) is 1.86. The Morgan fingerprint density at radius 3 is 2.48 bits per heavy atom. The number of carbonyl (C=O) groups excluding carboxylic acids is 1. The van der Waals surface area contributed by atoms with Gasteiger partial charge >= 0.3 is 6.09 Å². The summed E-state index contributed by atoms with van der Waals surface area (Å²) in [6.45, 7) is 1.95. The molecule has 0 bridgehead atoms.